The predicted octanol–water partition coefficient (Wildman–Crippen LogP) is 3.42. The van der Waals surface area contributed by atoms with Crippen LogP contribution in [-0.2, 0) is 5.60 Å². The molecule has 1 saturated carbocycles. The fourth-order valence-electron chi connectivity index (χ4n) is 2.82. The maximum absolute atomic E-state index is 10.7. The van der Waals surface area contributed by atoms with Gasteiger partial charge in [-0.1, -0.05) is 19.9 Å². The molecule has 0 amide bonds. The standard InChI is InChI=1S/C15H23NO/c1-11(2)13-6-8-15(17,9-7-13)14-5-4-12(3)16-10-14/h4-5,10-11,13,17H,6-9H2,1-3H3. The molecule has 1 aromatic rings. The van der Waals surface area contributed by atoms with Gasteiger partial charge in [-0.25, -0.2) is 0 Å². The van der Waals surface area contributed by atoms with Crippen LogP contribution in [0.5, 0.6) is 0 Å². The van der Waals surface area contributed by atoms with Crippen molar-refractivity contribution < 1.29 is 5.11 Å². The highest BCUT2D eigenvalue weighted by atomic mass is 16.3. The maximum Gasteiger partial charge on any atom is 0.0911 e. The number of rotatable bonds is 2. The number of nitrogens with zero attached hydrogens (tertiary/aromatic N) is 1. The summed E-state index contributed by atoms with van der Waals surface area (Å²) in [6, 6.07) is 4.01. The Kier molecular flexibility index (Phi) is 3.53. The van der Waals surface area contributed by atoms with Gasteiger partial charge in [0.05, 0.1) is 5.60 Å². The number of aromatic nitrogens is 1. The number of hydrogen-bond donors (Lipinski definition) is 1. The van der Waals surface area contributed by atoms with Crippen LogP contribution in [0.4, 0.5) is 0 Å². The highest BCUT2D eigenvalue weighted by molar-refractivity contribution is 5.21. The minimum absolute atomic E-state index is 0.633. The fraction of sp³-hybridized carbons (Fsp3) is 0.667. The summed E-state index contributed by atoms with van der Waals surface area (Å²) in [6.07, 6.45) is 5.84. The molecule has 0 unspecified atom stereocenters. The molecule has 1 aliphatic carbocycles. The first kappa shape index (κ1) is 12.6. The summed E-state index contributed by atoms with van der Waals surface area (Å²) >= 11 is 0. The zero-order valence-corrected chi connectivity index (χ0v) is 11.1. The second-order valence-corrected chi connectivity index (χ2v) is 5.80. The molecule has 0 atom stereocenters. The number of pyridine rings is 1. The van der Waals surface area contributed by atoms with Gasteiger partial charge in [0, 0.05) is 17.5 Å². The van der Waals surface area contributed by atoms with E-state index in [0.717, 1.165) is 48.8 Å². The highest BCUT2D eigenvalue weighted by Crippen LogP contribution is 2.41. The quantitative estimate of drug-likeness (QED) is 0.849. The molecule has 1 aliphatic rings. The molecule has 1 aromatic heterocycles. The molecule has 1 heterocycles. The number of aryl methyl sites for hydroxylation is 1. The summed E-state index contributed by atoms with van der Waals surface area (Å²) in [7, 11) is 0. The summed E-state index contributed by atoms with van der Waals surface area (Å²) in [5.41, 5.74) is 1.37. The van der Waals surface area contributed by atoms with E-state index in [1.807, 2.05) is 25.3 Å². The molecule has 2 heteroatoms. The molecule has 1 fully saturated rings. The van der Waals surface area contributed by atoms with Gasteiger partial charge in [-0.2, -0.15) is 0 Å². The van der Waals surface area contributed by atoms with Gasteiger partial charge in [-0.05, 0) is 50.5 Å². The van der Waals surface area contributed by atoms with Gasteiger partial charge in [0.25, 0.3) is 0 Å². The van der Waals surface area contributed by atoms with Crippen molar-refractivity contribution >= 4 is 0 Å². The van der Waals surface area contributed by atoms with Gasteiger partial charge in [0.1, 0.15) is 0 Å². The topological polar surface area (TPSA) is 33.1 Å². The van der Waals surface area contributed by atoms with E-state index in [9.17, 15) is 5.11 Å². The highest BCUT2D eigenvalue weighted by Gasteiger charge is 2.35. The average molecular weight is 233 g/mol. The SMILES string of the molecule is Cc1ccc(C2(O)CCC(C(C)C)CC2)cn1. The first-order valence-electron chi connectivity index (χ1n) is 6.67. The van der Waals surface area contributed by atoms with E-state index in [0.29, 0.717) is 0 Å². The third-order valence-electron chi connectivity index (χ3n) is 4.25. The van der Waals surface area contributed by atoms with Crippen LogP contribution < -0.4 is 0 Å². The zero-order chi connectivity index (χ0) is 12.5. The maximum atomic E-state index is 10.7. The van der Waals surface area contributed by atoms with Crippen molar-refractivity contribution in [2.45, 2.75) is 52.1 Å². The second kappa shape index (κ2) is 4.77. The molecular weight excluding hydrogens is 210 g/mol. The van der Waals surface area contributed by atoms with Crippen molar-refractivity contribution in [1.29, 1.82) is 0 Å². The van der Waals surface area contributed by atoms with Crippen LogP contribution in [0.2, 0.25) is 0 Å². The van der Waals surface area contributed by atoms with E-state index in [1.165, 1.54) is 0 Å². The van der Waals surface area contributed by atoms with E-state index in [-0.39, 0.29) is 0 Å². The van der Waals surface area contributed by atoms with Gasteiger partial charge in [0.15, 0.2) is 0 Å². The molecule has 2 nitrogen and oxygen atoms in total. The molecule has 0 aromatic carbocycles. The van der Waals surface area contributed by atoms with Gasteiger partial charge < -0.3 is 5.11 Å². The Balaban J connectivity index is 2.09. The van der Waals surface area contributed by atoms with Gasteiger partial charge in [-0.15, -0.1) is 0 Å². The van der Waals surface area contributed by atoms with E-state index in [4.69, 9.17) is 0 Å². The Morgan fingerprint density at radius 3 is 2.41 bits per heavy atom. The molecule has 0 bridgehead atoms. The van der Waals surface area contributed by atoms with E-state index >= 15 is 0 Å². The minimum atomic E-state index is -0.633. The second-order valence-electron chi connectivity index (χ2n) is 5.80. The molecule has 0 aliphatic heterocycles. The van der Waals surface area contributed by atoms with Gasteiger partial charge in [-0.3, -0.25) is 4.98 Å². The average Bonchev–Trinajstić information content (AvgIpc) is 2.30. The molecule has 17 heavy (non-hydrogen) atoms. The van der Waals surface area contributed by atoms with Crippen LogP contribution in [0.3, 0.4) is 0 Å². The lowest BCUT2D eigenvalue weighted by molar-refractivity contribution is -0.0202. The summed E-state index contributed by atoms with van der Waals surface area (Å²) in [6.45, 7) is 6.54. The van der Waals surface area contributed by atoms with Gasteiger partial charge >= 0.3 is 0 Å². The van der Waals surface area contributed by atoms with E-state index < -0.39 is 5.60 Å². The van der Waals surface area contributed by atoms with Crippen molar-refractivity contribution in [1.82, 2.24) is 4.98 Å². The Hall–Kier alpha value is -0.890. The molecule has 0 saturated heterocycles. The van der Waals surface area contributed by atoms with Crippen molar-refractivity contribution in [2.75, 3.05) is 0 Å². The van der Waals surface area contributed by atoms with Crippen LogP contribution in [0, 0.1) is 18.8 Å². The third kappa shape index (κ3) is 2.68. The van der Waals surface area contributed by atoms with Crippen LogP contribution in [0.1, 0.15) is 50.8 Å². The fourth-order valence-corrected chi connectivity index (χ4v) is 2.82. The first-order valence-corrected chi connectivity index (χ1v) is 6.67. The smallest absolute Gasteiger partial charge is 0.0911 e. The van der Waals surface area contributed by atoms with Crippen molar-refractivity contribution in [2.24, 2.45) is 11.8 Å². The molecule has 2 rings (SSSR count). The summed E-state index contributed by atoms with van der Waals surface area (Å²) in [4.78, 5) is 4.29. The Morgan fingerprint density at radius 1 is 1.29 bits per heavy atom. The Morgan fingerprint density at radius 2 is 1.94 bits per heavy atom. The molecule has 0 radical (unpaired) electrons. The molecule has 0 spiro atoms. The van der Waals surface area contributed by atoms with Crippen molar-refractivity contribution in [3.05, 3.63) is 29.6 Å². The van der Waals surface area contributed by atoms with Crippen LogP contribution >= 0.6 is 0 Å². The summed E-state index contributed by atoms with van der Waals surface area (Å²) in [5.74, 6) is 1.50. The van der Waals surface area contributed by atoms with Crippen LogP contribution in [0.15, 0.2) is 18.3 Å². The lowest BCUT2D eigenvalue weighted by atomic mass is 9.72. The van der Waals surface area contributed by atoms with Crippen LogP contribution in [-0.4, -0.2) is 10.1 Å². The third-order valence-corrected chi connectivity index (χ3v) is 4.25. The van der Waals surface area contributed by atoms with Gasteiger partial charge in [0.2, 0.25) is 0 Å². The summed E-state index contributed by atoms with van der Waals surface area (Å²) in [5, 5.41) is 10.7. The minimum Gasteiger partial charge on any atom is -0.385 e. The number of hydrogen-bond acceptors (Lipinski definition) is 2. The van der Waals surface area contributed by atoms with E-state index in [1.54, 1.807) is 0 Å². The summed E-state index contributed by atoms with van der Waals surface area (Å²) < 4.78 is 0. The van der Waals surface area contributed by atoms with Crippen LogP contribution in [0.25, 0.3) is 0 Å². The van der Waals surface area contributed by atoms with Crippen molar-refractivity contribution in [3.8, 4) is 0 Å². The zero-order valence-electron chi connectivity index (χ0n) is 11.1. The molecule has 94 valence electrons. The van der Waals surface area contributed by atoms with Crippen molar-refractivity contribution in [3.63, 3.8) is 0 Å². The first-order chi connectivity index (χ1) is 8.01. The molecule has 1 N–H and O–H groups in total. The largest absolute Gasteiger partial charge is 0.385 e. The normalized spacial score (nSPS) is 29.6. The Labute approximate surface area is 104 Å². The number of aliphatic hydroxyl groups is 1. The molecular formula is C15H23NO. The lowest BCUT2D eigenvalue weighted by Gasteiger charge is -2.37. The predicted molar refractivity (Wildman–Crippen MR) is 69.7 cm³/mol. The lowest BCUT2D eigenvalue weighted by Crippen LogP contribution is -2.33. The Bertz CT molecular complexity index is 361. The van der Waals surface area contributed by atoms with E-state index in [2.05, 4.69) is 18.8 Å². The monoisotopic (exact) mass is 233 g/mol.